The van der Waals surface area contributed by atoms with E-state index < -0.39 is 0 Å². The fourth-order valence-corrected chi connectivity index (χ4v) is 1.64. The lowest BCUT2D eigenvalue weighted by atomic mass is 10.2. The molecule has 0 saturated heterocycles. The molecular weight excluding hydrogens is 226 g/mol. The molecule has 0 aliphatic heterocycles. The molecule has 2 N–H and O–H groups in total. The van der Waals surface area contributed by atoms with Gasteiger partial charge in [0.1, 0.15) is 12.4 Å². The average molecular weight is 245 g/mol. The molecule has 0 bridgehead atoms. The van der Waals surface area contributed by atoms with E-state index >= 15 is 0 Å². The molecule has 4 heteroatoms. The molecule has 0 spiro atoms. The van der Waals surface area contributed by atoms with Crippen LogP contribution in [0.25, 0.3) is 0 Å². The average Bonchev–Trinajstić information content (AvgIpc) is 2.79. The Labute approximate surface area is 107 Å². The number of aromatic nitrogens is 2. The summed E-state index contributed by atoms with van der Waals surface area (Å²) in [7, 11) is 0. The van der Waals surface area contributed by atoms with E-state index in [1.165, 1.54) is 0 Å². The molecule has 1 aromatic heterocycles. The maximum absolute atomic E-state index is 5.76. The summed E-state index contributed by atoms with van der Waals surface area (Å²) in [6.07, 6.45) is 1.97. The topological polar surface area (TPSA) is 53.1 Å². The summed E-state index contributed by atoms with van der Waals surface area (Å²) >= 11 is 0. The van der Waals surface area contributed by atoms with Crippen molar-refractivity contribution in [3.8, 4) is 5.75 Å². The largest absolute Gasteiger partial charge is 0.487 e. The second-order valence-corrected chi connectivity index (χ2v) is 4.69. The molecule has 1 heterocycles. The van der Waals surface area contributed by atoms with Crippen molar-refractivity contribution in [1.82, 2.24) is 9.78 Å². The van der Waals surface area contributed by atoms with Gasteiger partial charge >= 0.3 is 0 Å². The van der Waals surface area contributed by atoms with Crippen LogP contribution in [0.4, 0.5) is 5.69 Å². The highest BCUT2D eigenvalue weighted by atomic mass is 16.5. The molecule has 2 aromatic rings. The molecule has 0 fully saturated rings. The molecule has 0 aliphatic carbocycles. The molecule has 2 rings (SSSR count). The van der Waals surface area contributed by atoms with E-state index in [1.807, 2.05) is 42.1 Å². The van der Waals surface area contributed by atoms with Gasteiger partial charge in [0.05, 0.1) is 5.69 Å². The van der Waals surface area contributed by atoms with Gasteiger partial charge in [-0.05, 0) is 50.6 Å². The third kappa shape index (κ3) is 2.83. The minimum atomic E-state index is 0.373. The van der Waals surface area contributed by atoms with Gasteiger partial charge in [0.25, 0.3) is 0 Å². The van der Waals surface area contributed by atoms with Crippen LogP contribution in [-0.4, -0.2) is 9.78 Å². The van der Waals surface area contributed by atoms with Crippen molar-refractivity contribution in [1.29, 1.82) is 0 Å². The number of benzene rings is 1. The van der Waals surface area contributed by atoms with Crippen molar-refractivity contribution in [3.63, 3.8) is 0 Å². The molecule has 96 valence electrons. The van der Waals surface area contributed by atoms with Gasteiger partial charge in [-0.3, -0.25) is 4.68 Å². The van der Waals surface area contributed by atoms with Gasteiger partial charge < -0.3 is 10.5 Å². The minimum absolute atomic E-state index is 0.373. The zero-order valence-corrected chi connectivity index (χ0v) is 11.1. The van der Waals surface area contributed by atoms with Crippen LogP contribution < -0.4 is 10.5 Å². The lowest BCUT2D eigenvalue weighted by molar-refractivity contribution is 0.298. The van der Waals surface area contributed by atoms with Gasteiger partial charge in [-0.2, -0.15) is 5.10 Å². The van der Waals surface area contributed by atoms with Gasteiger partial charge in [-0.25, -0.2) is 0 Å². The lowest BCUT2D eigenvalue weighted by Crippen LogP contribution is -2.03. The number of hydrogen-bond donors (Lipinski definition) is 1. The third-order valence-electron chi connectivity index (χ3n) is 2.82. The van der Waals surface area contributed by atoms with Crippen molar-refractivity contribution < 1.29 is 4.74 Å². The zero-order chi connectivity index (χ0) is 13.1. The molecule has 0 aliphatic rings. The molecule has 18 heavy (non-hydrogen) atoms. The van der Waals surface area contributed by atoms with Crippen molar-refractivity contribution >= 4 is 5.69 Å². The zero-order valence-electron chi connectivity index (χ0n) is 11.1. The van der Waals surface area contributed by atoms with E-state index in [0.29, 0.717) is 12.6 Å². The Bertz CT molecular complexity index is 532. The monoisotopic (exact) mass is 245 g/mol. The number of nitrogens with zero attached hydrogens (tertiary/aromatic N) is 2. The molecule has 0 radical (unpaired) electrons. The van der Waals surface area contributed by atoms with Gasteiger partial charge in [-0.15, -0.1) is 0 Å². The smallest absolute Gasteiger partial charge is 0.132 e. The van der Waals surface area contributed by atoms with E-state index in [9.17, 15) is 0 Å². The molecule has 0 saturated carbocycles. The van der Waals surface area contributed by atoms with Crippen molar-refractivity contribution in [2.45, 2.75) is 33.4 Å². The van der Waals surface area contributed by atoms with Crippen LogP contribution in [0.2, 0.25) is 0 Å². The molecule has 0 atom stereocenters. The Morgan fingerprint density at radius 1 is 1.33 bits per heavy atom. The molecule has 1 aromatic carbocycles. The fraction of sp³-hybridized carbons (Fsp3) is 0.357. The third-order valence-corrected chi connectivity index (χ3v) is 2.82. The summed E-state index contributed by atoms with van der Waals surface area (Å²) in [5.74, 6) is 0.820. The van der Waals surface area contributed by atoms with Crippen molar-refractivity contribution in [2.75, 3.05) is 5.73 Å². The standard InChI is InChI=1S/C14H19N3O/c1-10(2)17-7-6-12(16-17)9-18-13-4-5-14(15)11(3)8-13/h4-8,10H,9,15H2,1-3H3. The number of nitrogen functional groups attached to an aromatic ring is 1. The molecule has 0 amide bonds. The minimum Gasteiger partial charge on any atom is -0.487 e. The van der Waals surface area contributed by atoms with Gasteiger partial charge in [0.2, 0.25) is 0 Å². The summed E-state index contributed by atoms with van der Waals surface area (Å²) in [6.45, 7) is 6.64. The van der Waals surface area contributed by atoms with Crippen LogP contribution in [0.1, 0.15) is 31.1 Å². The number of anilines is 1. The van der Waals surface area contributed by atoms with Crippen molar-refractivity contribution in [3.05, 3.63) is 41.7 Å². The fourth-order valence-electron chi connectivity index (χ4n) is 1.64. The van der Waals surface area contributed by atoms with Crippen LogP contribution in [0, 0.1) is 6.92 Å². The Balaban J connectivity index is 2.00. The Morgan fingerprint density at radius 3 is 2.72 bits per heavy atom. The first-order chi connectivity index (χ1) is 8.56. The maximum atomic E-state index is 5.76. The van der Waals surface area contributed by atoms with Crippen molar-refractivity contribution in [2.24, 2.45) is 0 Å². The quantitative estimate of drug-likeness (QED) is 0.843. The van der Waals surface area contributed by atoms with Crippen LogP contribution in [-0.2, 0) is 6.61 Å². The van der Waals surface area contributed by atoms with E-state index in [2.05, 4.69) is 18.9 Å². The van der Waals surface area contributed by atoms with E-state index in [0.717, 1.165) is 22.7 Å². The number of aryl methyl sites for hydroxylation is 1. The maximum Gasteiger partial charge on any atom is 0.132 e. The highest BCUT2D eigenvalue weighted by molar-refractivity contribution is 5.49. The highest BCUT2D eigenvalue weighted by Crippen LogP contribution is 2.19. The number of ether oxygens (including phenoxy) is 1. The summed E-state index contributed by atoms with van der Waals surface area (Å²) in [6, 6.07) is 8.02. The van der Waals surface area contributed by atoms with Crippen LogP contribution in [0.5, 0.6) is 5.75 Å². The first kappa shape index (κ1) is 12.5. The summed E-state index contributed by atoms with van der Waals surface area (Å²) in [4.78, 5) is 0. The predicted octanol–water partition coefficient (Wildman–Crippen LogP) is 2.93. The van der Waals surface area contributed by atoms with Gasteiger partial charge in [0.15, 0.2) is 0 Å². The summed E-state index contributed by atoms with van der Waals surface area (Å²) in [5.41, 5.74) is 8.50. The van der Waals surface area contributed by atoms with E-state index in [-0.39, 0.29) is 0 Å². The SMILES string of the molecule is Cc1cc(OCc2ccn(C(C)C)n2)ccc1N. The second kappa shape index (κ2) is 5.12. The summed E-state index contributed by atoms with van der Waals surface area (Å²) in [5, 5.41) is 4.43. The Morgan fingerprint density at radius 2 is 2.11 bits per heavy atom. The number of rotatable bonds is 4. The van der Waals surface area contributed by atoms with Crippen LogP contribution >= 0.6 is 0 Å². The Kier molecular flexibility index (Phi) is 3.55. The van der Waals surface area contributed by atoms with Gasteiger partial charge in [-0.1, -0.05) is 0 Å². The number of nitrogens with two attached hydrogens (primary N) is 1. The van der Waals surface area contributed by atoms with Crippen LogP contribution in [0.3, 0.4) is 0 Å². The normalized spacial score (nSPS) is 10.9. The summed E-state index contributed by atoms with van der Waals surface area (Å²) < 4.78 is 7.61. The van der Waals surface area contributed by atoms with Gasteiger partial charge in [0, 0.05) is 17.9 Å². The Hall–Kier alpha value is -1.97. The lowest BCUT2D eigenvalue weighted by Gasteiger charge is -2.07. The second-order valence-electron chi connectivity index (χ2n) is 4.69. The highest BCUT2D eigenvalue weighted by Gasteiger charge is 2.03. The first-order valence-electron chi connectivity index (χ1n) is 6.09. The van der Waals surface area contributed by atoms with Crippen LogP contribution in [0.15, 0.2) is 30.5 Å². The number of hydrogen-bond acceptors (Lipinski definition) is 3. The molecular formula is C14H19N3O. The molecule has 0 unspecified atom stereocenters. The predicted molar refractivity (Wildman–Crippen MR) is 72.5 cm³/mol. The first-order valence-corrected chi connectivity index (χ1v) is 6.09. The van der Waals surface area contributed by atoms with E-state index in [1.54, 1.807) is 0 Å². The van der Waals surface area contributed by atoms with E-state index in [4.69, 9.17) is 10.5 Å². The molecule has 4 nitrogen and oxygen atoms in total.